The number of rotatable bonds is 2. The molecule has 0 amide bonds. The number of nitrogens with two attached hydrogens (primary N) is 2. The minimum absolute atomic E-state index is 0.00510. The van der Waals surface area contributed by atoms with Gasteiger partial charge in [-0.15, -0.1) is 0 Å². The average molecular weight is 377 g/mol. The molecule has 0 aromatic heterocycles. The van der Waals surface area contributed by atoms with Crippen molar-refractivity contribution in [1.82, 2.24) is 0 Å². The van der Waals surface area contributed by atoms with Crippen molar-refractivity contribution in [3.8, 4) is 0 Å². The molecule has 0 heterocycles. The number of hydrogen-bond acceptors (Lipinski definition) is 5. The van der Waals surface area contributed by atoms with Crippen LogP contribution in [-0.4, -0.2) is 17.3 Å². The molecular formula is C21H13ClN2O3. The summed E-state index contributed by atoms with van der Waals surface area (Å²) >= 11 is 5.88. The highest BCUT2D eigenvalue weighted by molar-refractivity contribution is 6.34. The summed E-state index contributed by atoms with van der Waals surface area (Å²) in [6.45, 7) is 0. The first-order chi connectivity index (χ1) is 12.9. The summed E-state index contributed by atoms with van der Waals surface area (Å²) in [4.78, 5) is 39.1. The predicted octanol–water partition coefficient (Wildman–Crippen LogP) is 3.51. The molecule has 0 spiro atoms. The molecule has 0 atom stereocenters. The highest BCUT2D eigenvalue weighted by Crippen LogP contribution is 2.37. The van der Waals surface area contributed by atoms with E-state index in [1.807, 2.05) is 0 Å². The smallest absolute Gasteiger partial charge is 0.196 e. The number of hydrogen-bond donors (Lipinski definition) is 2. The second kappa shape index (κ2) is 6.07. The van der Waals surface area contributed by atoms with Crippen LogP contribution >= 0.6 is 11.6 Å². The fraction of sp³-hybridized carbons (Fsp3) is 0. The summed E-state index contributed by atoms with van der Waals surface area (Å²) in [6.07, 6.45) is 0. The Morgan fingerprint density at radius 1 is 0.815 bits per heavy atom. The molecule has 0 bridgehead atoms. The third kappa shape index (κ3) is 2.52. The summed E-state index contributed by atoms with van der Waals surface area (Å²) in [5.74, 6) is -1.28. The molecule has 4 N–H and O–H groups in total. The van der Waals surface area contributed by atoms with E-state index in [2.05, 4.69) is 0 Å². The van der Waals surface area contributed by atoms with Gasteiger partial charge >= 0.3 is 0 Å². The van der Waals surface area contributed by atoms with Gasteiger partial charge in [0.2, 0.25) is 0 Å². The second-order valence-corrected chi connectivity index (χ2v) is 6.65. The summed E-state index contributed by atoms with van der Waals surface area (Å²) in [7, 11) is 0. The lowest BCUT2D eigenvalue weighted by atomic mass is 9.79. The lowest BCUT2D eigenvalue weighted by Crippen LogP contribution is -2.26. The maximum atomic E-state index is 13.1. The monoisotopic (exact) mass is 376 g/mol. The number of benzene rings is 3. The van der Waals surface area contributed by atoms with Crippen LogP contribution in [0.2, 0.25) is 5.02 Å². The normalized spacial score (nSPS) is 12.5. The van der Waals surface area contributed by atoms with Gasteiger partial charge in [0.25, 0.3) is 0 Å². The molecule has 3 aromatic carbocycles. The third-order valence-corrected chi connectivity index (χ3v) is 4.87. The van der Waals surface area contributed by atoms with Crippen LogP contribution in [0.15, 0.2) is 54.6 Å². The van der Waals surface area contributed by atoms with E-state index in [0.717, 1.165) is 0 Å². The number of carbonyl (C=O) groups excluding carboxylic acids is 3. The molecule has 3 aromatic rings. The van der Waals surface area contributed by atoms with E-state index >= 15 is 0 Å². The molecule has 1 aliphatic rings. The molecule has 27 heavy (non-hydrogen) atoms. The Kier molecular flexibility index (Phi) is 3.82. The number of nitrogen functional groups attached to an aromatic ring is 2. The molecule has 0 saturated heterocycles. The van der Waals surface area contributed by atoms with Gasteiger partial charge in [0.1, 0.15) is 0 Å². The molecule has 0 saturated carbocycles. The maximum absolute atomic E-state index is 13.1. The summed E-state index contributed by atoms with van der Waals surface area (Å²) in [5, 5.41) is 0.477. The van der Waals surface area contributed by atoms with Gasteiger partial charge in [0.05, 0.1) is 16.9 Å². The molecule has 0 fully saturated rings. The van der Waals surface area contributed by atoms with Gasteiger partial charge in [-0.1, -0.05) is 35.9 Å². The zero-order valence-corrected chi connectivity index (χ0v) is 14.7. The Balaban J connectivity index is 2.00. The number of anilines is 2. The molecule has 5 nitrogen and oxygen atoms in total. The van der Waals surface area contributed by atoms with Crippen molar-refractivity contribution in [2.24, 2.45) is 0 Å². The molecule has 6 heteroatoms. The fourth-order valence-electron chi connectivity index (χ4n) is 3.28. The SMILES string of the molecule is Nc1cc(C(=O)c2ccc(Cl)cc2)c2c(c1N)C(=O)c1ccccc1C2=O. The van der Waals surface area contributed by atoms with Crippen LogP contribution in [0.4, 0.5) is 11.4 Å². The lowest BCUT2D eigenvalue weighted by Gasteiger charge is -2.22. The van der Waals surface area contributed by atoms with E-state index in [-0.39, 0.29) is 39.2 Å². The van der Waals surface area contributed by atoms with Gasteiger partial charge < -0.3 is 11.5 Å². The Hall–Kier alpha value is -3.44. The second-order valence-electron chi connectivity index (χ2n) is 6.22. The Morgan fingerprint density at radius 3 is 1.96 bits per heavy atom. The lowest BCUT2D eigenvalue weighted by molar-refractivity contribution is 0.0972. The molecule has 132 valence electrons. The van der Waals surface area contributed by atoms with Gasteiger partial charge in [0.15, 0.2) is 17.3 Å². The Morgan fingerprint density at radius 2 is 1.37 bits per heavy atom. The van der Waals surface area contributed by atoms with Crippen LogP contribution in [-0.2, 0) is 0 Å². The third-order valence-electron chi connectivity index (χ3n) is 4.62. The van der Waals surface area contributed by atoms with Crippen molar-refractivity contribution in [3.63, 3.8) is 0 Å². The van der Waals surface area contributed by atoms with Gasteiger partial charge in [-0.25, -0.2) is 0 Å². The summed E-state index contributed by atoms with van der Waals surface area (Å²) < 4.78 is 0. The summed E-state index contributed by atoms with van der Waals surface area (Å²) in [6, 6.07) is 14.0. The van der Waals surface area contributed by atoms with Crippen LogP contribution in [0.3, 0.4) is 0 Å². The van der Waals surface area contributed by atoms with E-state index in [1.54, 1.807) is 48.5 Å². The van der Waals surface area contributed by atoms with Crippen molar-refractivity contribution in [3.05, 3.63) is 93.0 Å². The first-order valence-electron chi connectivity index (χ1n) is 8.10. The molecule has 0 radical (unpaired) electrons. The van der Waals surface area contributed by atoms with Crippen LogP contribution in [0.1, 0.15) is 47.8 Å². The maximum Gasteiger partial charge on any atom is 0.196 e. The molecule has 4 rings (SSSR count). The van der Waals surface area contributed by atoms with E-state index in [1.165, 1.54) is 6.07 Å². The number of ketones is 3. The number of halogens is 1. The van der Waals surface area contributed by atoms with Crippen molar-refractivity contribution >= 4 is 40.3 Å². The average Bonchev–Trinajstić information content (AvgIpc) is 2.68. The number of carbonyl (C=O) groups is 3. The molecule has 0 aliphatic heterocycles. The number of fused-ring (bicyclic) bond motifs is 2. The van der Waals surface area contributed by atoms with Gasteiger partial charge in [-0.2, -0.15) is 0 Å². The van der Waals surface area contributed by atoms with Crippen molar-refractivity contribution in [2.45, 2.75) is 0 Å². The van der Waals surface area contributed by atoms with Crippen LogP contribution in [0.25, 0.3) is 0 Å². The molecular weight excluding hydrogens is 364 g/mol. The Labute approximate surface area is 159 Å². The zero-order valence-electron chi connectivity index (χ0n) is 14.0. The fourth-order valence-corrected chi connectivity index (χ4v) is 3.40. The topological polar surface area (TPSA) is 103 Å². The van der Waals surface area contributed by atoms with Gasteiger partial charge in [-0.3, -0.25) is 14.4 Å². The standard InChI is InChI=1S/C21H13ClN2O3/c22-11-7-5-10(6-8-11)19(25)14-9-15(23)18(24)17-16(14)20(26)12-3-1-2-4-13(12)21(17)27/h1-9H,23-24H2. The first-order valence-corrected chi connectivity index (χ1v) is 8.48. The quantitative estimate of drug-likeness (QED) is 0.411. The van der Waals surface area contributed by atoms with E-state index in [0.29, 0.717) is 10.6 Å². The highest BCUT2D eigenvalue weighted by atomic mass is 35.5. The van der Waals surface area contributed by atoms with Gasteiger partial charge in [-0.05, 0) is 30.3 Å². The minimum Gasteiger partial charge on any atom is -0.397 e. The van der Waals surface area contributed by atoms with Crippen molar-refractivity contribution in [1.29, 1.82) is 0 Å². The molecule has 0 unspecified atom stereocenters. The van der Waals surface area contributed by atoms with Crippen molar-refractivity contribution < 1.29 is 14.4 Å². The van der Waals surface area contributed by atoms with Crippen LogP contribution < -0.4 is 11.5 Å². The minimum atomic E-state index is -0.435. The summed E-state index contributed by atoms with van der Waals surface area (Å²) in [5.41, 5.74) is 12.9. The van der Waals surface area contributed by atoms with E-state index in [4.69, 9.17) is 23.1 Å². The largest absolute Gasteiger partial charge is 0.397 e. The van der Waals surface area contributed by atoms with Crippen molar-refractivity contribution in [2.75, 3.05) is 11.5 Å². The first kappa shape index (κ1) is 17.0. The predicted molar refractivity (Wildman–Crippen MR) is 103 cm³/mol. The van der Waals surface area contributed by atoms with E-state index in [9.17, 15) is 14.4 Å². The molecule has 1 aliphatic carbocycles. The Bertz CT molecular complexity index is 1150. The van der Waals surface area contributed by atoms with Gasteiger partial charge in [0, 0.05) is 32.8 Å². The van der Waals surface area contributed by atoms with Crippen LogP contribution in [0, 0.1) is 0 Å². The van der Waals surface area contributed by atoms with Crippen LogP contribution in [0.5, 0.6) is 0 Å². The highest BCUT2D eigenvalue weighted by Gasteiger charge is 2.35. The zero-order chi connectivity index (χ0) is 19.3. The van der Waals surface area contributed by atoms with E-state index < -0.39 is 17.3 Å².